The monoisotopic (exact) mass is 224 g/mol. The molecule has 0 spiro atoms. The molecule has 0 aromatic carbocycles. The second kappa shape index (κ2) is 5.46. The Kier molecular flexibility index (Phi) is 3.96. The van der Waals surface area contributed by atoms with Gasteiger partial charge in [-0.1, -0.05) is 12.2 Å². The maximum atomic E-state index is 11.9. The second-order valence-corrected chi connectivity index (χ2v) is 4.55. The molecule has 2 aliphatic rings. The molecule has 16 heavy (non-hydrogen) atoms. The lowest BCUT2D eigenvalue weighted by Crippen LogP contribution is -2.42. The maximum Gasteiger partial charge on any atom is 0.249 e. The number of hydrogen-bond donors (Lipinski definition) is 2. The van der Waals surface area contributed by atoms with Gasteiger partial charge in [0.1, 0.15) is 6.10 Å². The Morgan fingerprint density at radius 2 is 2.25 bits per heavy atom. The molecule has 3 atom stereocenters. The van der Waals surface area contributed by atoms with E-state index < -0.39 is 0 Å². The van der Waals surface area contributed by atoms with Crippen LogP contribution < -0.4 is 11.1 Å². The summed E-state index contributed by atoms with van der Waals surface area (Å²) in [5.74, 6) is 0.0382. The molecule has 1 fully saturated rings. The molecule has 90 valence electrons. The van der Waals surface area contributed by atoms with Gasteiger partial charge >= 0.3 is 0 Å². The lowest BCUT2D eigenvalue weighted by molar-refractivity contribution is -0.132. The van der Waals surface area contributed by atoms with Crippen molar-refractivity contribution in [3.05, 3.63) is 12.2 Å². The largest absolute Gasteiger partial charge is 0.364 e. The average Bonchev–Trinajstić information content (AvgIpc) is 2.79. The highest BCUT2D eigenvalue weighted by Gasteiger charge is 2.30. The minimum atomic E-state index is -0.278. The van der Waals surface area contributed by atoms with Crippen LogP contribution in [0.15, 0.2) is 12.2 Å². The van der Waals surface area contributed by atoms with Crippen LogP contribution in [0.25, 0.3) is 0 Å². The normalized spacial score (nSPS) is 33.9. The molecule has 1 saturated heterocycles. The van der Waals surface area contributed by atoms with Crippen molar-refractivity contribution in [3.63, 3.8) is 0 Å². The Hall–Kier alpha value is -0.870. The highest BCUT2D eigenvalue weighted by Crippen LogP contribution is 2.20. The summed E-state index contributed by atoms with van der Waals surface area (Å²) in [5.41, 5.74) is 5.51. The van der Waals surface area contributed by atoms with Crippen LogP contribution in [0.2, 0.25) is 0 Å². The molecule has 4 heteroatoms. The van der Waals surface area contributed by atoms with Crippen molar-refractivity contribution in [3.8, 4) is 0 Å². The van der Waals surface area contributed by atoms with Gasteiger partial charge in [0.05, 0.1) is 6.10 Å². The standard InChI is InChI=1S/C12H20N2O2/c13-8-10-6-7-11(16-10)12(15)14-9-4-2-1-3-5-9/h1-2,9-11H,3-8,13H2,(H,14,15). The summed E-state index contributed by atoms with van der Waals surface area (Å²) >= 11 is 0. The Labute approximate surface area is 96.2 Å². The zero-order valence-corrected chi connectivity index (χ0v) is 9.52. The molecule has 0 saturated carbocycles. The first-order valence-electron chi connectivity index (χ1n) is 6.10. The molecule has 1 amide bonds. The summed E-state index contributed by atoms with van der Waals surface area (Å²) in [6.07, 6.45) is 8.83. The molecule has 0 aromatic rings. The van der Waals surface area contributed by atoms with Crippen molar-refractivity contribution >= 4 is 5.91 Å². The summed E-state index contributed by atoms with van der Waals surface area (Å²) in [6, 6.07) is 0.290. The molecular formula is C12H20N2O2. The predicted octanol–water partition coefficient (Wildman–Crippen LogP) is 0.718. The zero-order chi connectivity index (χ0) is 11.4. The number of amides is 1. The van der Waals surface area contributed by atoms with Gasteiger partial charge in [0.2, 0.25) is 5.91 Å². The molecule has 1 aliphatic heterocycles. The Bertz CT molecular complexity index is 278. The van der Waals surface area contributed by atoms with Gasteiger partial charge in [0.15, 0.2) is 0 Å². The molecule has 2 rings (SSSR count). The van der Waals surface area contributed by atoms with Crippen LogP contribution in [0.5, 0.6) is 0 Å². The van der Waals surface area contributed by atoms with E-state index in [1.165, 1.54) is 0 Å². The number of nitrogens with two attached hydrogens (primary N) is 1. The van der Waals surface area contributed by atoms with Crippen LogP contribution in [0.4, 0.5) is 0 Å². The van der Waals surface area contributed by atoms with E-state index >= 15 is 0 Å². The van der Waals surface area contributed by atoms with Crippen LogP contribution >= 0.6 is 0 Å². The number of ether oxygens (including phenoxy) is 1. The quantitative estimate of drug-likeness (QED) is 0.694. The van der Waals surface area contributed by atoms with Crippen LogP contribution in [0.1, 0.15) is 32.1 Å². The van der Waals surface area contributed by atoms with Crippen molar-refractivity contribution in [2.45, 2.75) is 50.4 Å². The van der Waals surface area contributed by atoms with Crippen LogP contribution in [0.3, 0.4) is 0 Å². The van der Waals surface area contributed by atoms with E-state index in [9.17, 15) is 4.79 Å². The number of allylic oxidation sites excluding steroid dienone is 1. The van der Waals surface area contributed by atoms with Gasteiger partial charge in [-0.2, -0.15) is 0 Å². The Morgan fingerprint density at radius 1 is 1.38 bits per heavy atom. The first-order chi connectivity index (χ1) is 7.79. The molecule has 3 N–H and O–H groups in total. The van der Waals surface area contributed by atoms with Gasteiger partial charge < -0.3 is 15.8 Å². The van der Waals surface area contributed by atoms with E-state index in [0.717, 1.165) is 32.1 Å². The van der Waals surface area contributed by atoms with Gasteiger partial charge in [0, 0.05) is 12.6 Å². The number of carbonyl (C=O) groups excluding carboxylic acids is 1. The zero-order valence-electron chi connectivity index (χ0n) is 9.52. The molecule has 4 nitrogen and oxygen atoms in total. The number of carbonyl (C=O) groups is 1. The van der Waals surface area contributed by atoms with Crippen LogP contribution in [-0.2, 0) is 9.53 Å². The smallest absolute Gasteiger partial charge is 0.249 e. The maximum absolute atomic E-state index is 11.9. The molecule has 0 aromatic heterocycles. The van der Waals surface area contributed by atoms with E-state index in [0.29, 0.717) is 6.54 Å². The Balaban J connectivity index is 1.77. The van der Waals surface area contributed by atoms with Gasteiger partial charge in [-0.05, 0) is 32.1 Å². The average molecular weight is 224 g/mol. The van der Waals surface area contributed by atoms with Gasteiger partial charge in [-0.3, -0.25) is 4.79 Å². The molecule has 0 radical (unpaired) electrons. The molecule has 1 heterocycles. The first kappa shape index (κ1) is 11.6. The topological polar surface area (TPSA) is 64.4 Å². The fourth-order valence-electron chi connectivity index (χ4n) is 2.29. The second-order valence-electron chi connectivity index (χ2n) is 4.55. The summed E-state index contributed by atoms with van der Waals surface area (Å²) in [7, 11) is 0. The van der Waals surface area contributed by atoms with E-state index in [4.69, 9.17) is 10.5 Å². The first-order valence-corrected chi connectivity index (χ1v) is 6.10. The van der Waals surface area contributed by atoms with Gasteiger partial charge in [0.25, 0.3) is 0 Å². The van der Waals surface area contributed by atoms with Gasteiger partial charge in [-0.15, -0.1) is 0 Å². The Morgan fingerprint density at radius 3 is 2.88 bits per heavy atom. The van der Waals surface area contributed by atoms with Crippen molar-refractivity contribution in [1.29, 1.82) is 0 Å². The molecule has 0 bridgehead atoms. The highest BCUT2D eigenvalue weighted by atomic mass is 16.5. The fourth-order valence-corrected chi connectivity index (χ4v) is 2.29. The van der Waals surface area contributed by atoms with Gasteiger partial charge in [-0.25, -0.2) is 0 Å². The van der Waals surface area contributed by atoms with Crippen molar-refractivity contribution in [2.24, 2.45) is 5.73 Å². The molecule has 3 unspecified atom stereocenters. The number of rotatable bonds is 3. The van der Waals surface area contributed by atoms with E-state index in [1.54, 1.807) is 0 Å². The van der Waals surface area contributed by atoms with E-state index in [-0.39, 0.29) is 24.2 Å². The van der Waals surface area contributed by atoms with Crippen molar-refractivity contribution in [2.75, 3.05) is 6.54 Å². The highest BCUT2D eigenvalue weighted by molar-refractivity contribution is 5.81. The summed E-state index contributed by atoms with van der Waals surface area (Å²) in [4.78, 5) is 11.9. The van der Waals surface area contributed by atoms with E-state index in [2.05, 4.69) is 17.5 Å². The third kappa shape index (κ3) is 2.83. The summed E-state index contributed by atoms with van der Waals surface area (Å²) in [6.45, 7) is 0.510. The van der Waals surface area contributed by atoms with Crippen molar-refractivity contribution in [1.82, 2.24) is 5.32 Å². The molecule has 1 aliphatic carbocycles. The number of hydrogen-bond acceptors (Lipinski definition) is 3. The predicted molar refractivity (Wildman–Crippen MR) is 61.9 cm³/mol. The lowest BCUT2D eigenvalue weighted by atomic mass is 10.0. The minimum absolute atomic E-state index is 0.0382. The minimum Gasteiger partial charge on any atom is -0.364 e. The molecular weight excluding hydrogens is 204 g/mol. The fraction of sp³-hybridized carbons (Fsp3) is 0.750. The third-order valence-electron chi connectivity index (χ3n) is 3.28. The summed E-state index contributed by atoms with van der Waals surface area (Å²) in [5, 5.41) is 3.05. The third-order valence-corrected chi connectivity index (χ3v) is 3.28. The summed E-state index contributed by atoms with van der Waals surface area (Å²) < 4.78 is 5.56. The number of nitrogens with one attached hydrogen (secondary N) is 1. The lowest BCUT2D eigenvalue weighted by Gasteiger charge is -2.21. The van der Waals surface area contributed by atoms with Crippen molar-refractivity contribution < 1.29 is 9.53 Å². The van der Waals surface area contributed by atoms with Crippen LogP contribution in [-0.4, -0.2) is 30.7 Å². The van der Waals surface area contributed by atoms with E-state index in [1.807, 2.05) is 0 Å². The SMILES string of the molecule is NCC1CCC(C(=O)NC2CC=CCC2)O1. The van der Waals surface area contributed by atoms with Crippen LogP contribution in [0, 0.1) is 0 Å².